The fraction of sp³-hybridized carbons (Fsp3) is 0.545. The Kier molecular flexibility index (Phi) is 5.43. The van der Waals surface area contributed by atoms with Crippen molar-refractivity contribution >= 4 is 11.9 Å². The van der Waals surface area contributed by atoms with Crippen molar-refractivity contribution in [2.45, 2.75) is 40.7 Å². The SMILES string of the molecule is CC(=O)OC[C@]12CO[C@H](c3ccc(OC(C)=O)cc3)[C@@H](C(C)=C[C@@H]1C)[C@H]2C. The number of ether oxygens (including phenoxy) is 3. The van der Waals surface area contributed by atoms with E-state index in [9.17, 15) is 9.59 Å². The van der Waals surface area contributed by atoms with Gasteiger partial charge in [-0.25, -0.2) is 0 Å². The molecule has 5 heteroatoms. The smallest absolute Gasteiger partial charge is 0.308 e. The molecule has 146 valence electrons. The zero-order valence-electron chi connectivity index (χ0n) is 16.7. The molecular formula is C22H28O5. The first-order valence-electron chi connectivity index (χ1n) is 9.46. The van der Waals surface area contributed by atoms with E-state index in [0.717, 1.165) is 5.56 Å². The standard InChI is InChI=1S/C22H28O5/c1-13-10-14(2)22(11-25-16(4)23)12-26-21(20(13)15(22)3)18-6-8-19(9-7-18)27-17(5)24/h6-10,14-15,20-21H,11-12H2,1-5H3/t14-,15+,20-,21+,22-/m0/s1. The van der Waals surface area contributed by atoms with E-state index in [1.54, 1.807) is 12.1 Å². The second kappa shape index (κ2) is 7.47. The van der Waals surface area contributed by atoms with Crippen LogP contribution < -0.4 is 4.74 Å². The number of rotatable bonds is 4. The van der Waals surface area contributed by atoms with Crippen LogP contribution in [-0.2, 0) is 19.1 Å². The highest BCUT2D eigenvalue weighted by atomic mass is 16.5. The second-order valence-electron chi connectivity index (χ2n) is 7.92. The van der Waals surface area contributed by atoms with E-state index in [0.29, 0.717) is 24.9 Å². The number of allylic oxidation sites excluding steroid dienone is 1. The van der Waals surface area contributed by atoms with Gasteiger partial charge in [0, 0.05) is 25.2 Å². The second-order valence-corrected chi connectivity index (χ2v) is 7.92. The van der Waals surface area contributed by atoms with Crippen LogP contribution in [0.3, 0.4) is 0 Å². The summed E-state index contributed by atoms with van der Waals surface area (Å²) in [6.45, 7) is 10.3. The molecule has 1 aromatic carbocycles. The molecule has 0 aromatic heterocycles. The third-order valence-electron chi connectivity index (χ3n) is 6.26. The topological polar surface area (TPSA) is 61.8 Å². The Hall–Kier alpha value is -2.14. The van der Waals surface area contributed by atoms with Gasteiger partial charge in [0.1, 0.15) is 5.75 Å². The molecule has 2 bridgehead atoms. The number of hydrogen-bond acceptors (Lipinski definition) is 5. The number of hydrogen-bond donors (Lipinski definition) is 0. The molecule has 0 radical (unpaired) electrons. The Labute approximate surface area is 160 Å². The van der Waals surface area contributed by atoms with Crippen molar-refractivity contribution < 1.29 is 23.8 Å². The van der Waals surface area contributed by atoms with Crippen molar-refractivity contribution in [3.05, 3.63) is 41.5 Å². The van der Waals surface area contributed by atoms with Gasteiger partial charge in [0.2, 0.25) is 0 Å². The number of benzene rings is 1. The molecule has 0 saturated carbocycles. The minimum atomic E-state index is -0.333. The molecule has 0 spiro atoms. The molecule has 1 aromatic rings. The van der Waals surface area contributed by atoms with Crippen LogP contribution >= 0.6 is 0 Å². The first-order valence-corrected chi connectivity index (χ1v) is 9.46. The highest BCUT2D eigenvalue weighted by molar-refractivity contribution is 5.69. The van der Waals surface area contributed by atoms with Crippen molar-refractivity contribution in [2.75, 3.05) is 13.2 Å². The van der Waals surface area contributed by atoms with Crippen LogP contribution in [0.4, 0.5) is 0 Å². The number of fused-ring (bicyclic) bond motifs is 2. The van der Waals surface area contributed by atoms with Crippen molar-refractivity contribution in [1.29, 1.82) is 0 Å². The lowest BCUT2D eigenvalue weighted by atomic mass is 9.56. The molecule has 0 N–H and O–H groups in total. The van der Waals surface area contributed by atoms with Gasteiger partial charge in [-0.05, 0) is 36.5 Å². The maximum atomic E-state index is 11.4. The summed E-state index contributed by atoms with van der Waals surface area (Å²) in [5, 5.41) is 0. The molecule has 0 amide bonds. The van der Waals surface area contributed by atoms with Crippen LogP contribution in [0, 0.1) is 23.2 Å². The van der Waals surface area contributed by atoms with Crippen molar-refractivity contribution in [2.24, 2.45) is 23.2 Å². The number of carbonyl (C=O) groups is 2. The van der Waals surface area contributed by atoms with Gasteiger partial charge in [0.25, 0.3) is 0 Å². The van der Waals surface area contributed by atoms with Crippen LogP contribution in [0.2, 0.25) is 0 Å². The van der Waals surface area contributed by atoms with Gasteiger partial charge in [-0.15, -0.1) is 0 Å². The summed E-state index contributed by atoms with van der Waals surface area (Å²) >= 11 is 0. The Bertz CT molecular complexity index is 750. The minimum Gasteiger partial charge on any atom is -0.465 e. The number of esters is 2. The quantitative estimate of drug-likeness (QED) is 0.453. The summed E-state index contributed by atoms with van der Waals surface area (Å²) in [4.78, 5) is 22.5. The van der Waals surface area contributed by atoms with E-state index in [1.807, 2.05) is 12.1 Å². The van der Waals surface area contributed by atoms with Crippen LogP contribution in [0.25, 0.3) is 0 Å². The Morgan fingerprint density at radius 1 is 1.15 bits per heavy atom. The van der Waals surface area contributed by atoms with Crippen LogP contribution in [0.5, 0.6) is 5.75 Å². The molecule has 3 rings (SSSR count). The summed E-state index contributed by atoms with van der Waals surface area (Å²) in [5.41, 5.74) is 2.16. The van der Waals surface area contributed by atoms with Crippen LogP contribution in [-0.4, -0.2) is 25.2 Å². The van der Waals surface area contributed by atoms with Crippen molar-refractivity contribution in [1.82, 2.24) is 0 Å². The first kappa shape index (κ1) is 19.6. The highest BCUT2D eigenvalue weighted by Gasteiger charge is 2.54. The van der Waals surface area contributed by atoms with E-state index in [1.165, 1.54) is 19.4 Å². The van der Waals surface area contributed by atoms with E-state index in [4.69, 9.17) is 14.2 Å². The summed E-state index contributed by atoms with van der Waals surface area (Å²) in [5.74, 6) is 0.739. The van der Waals surface area contributed by atoms with Gasteiger partial charge >= 0.3 is 11.9 Å². The zero-order chi connectivity index (χ0) is 19.8. The summed E-state index contributed by atoms with van der Waals surface area (Å²) in [6, 6.07) is 7.52. The fourth-order valence-electron chi connectivity index (χ4n) is 4.69. The molecule has 5 nitrogen and oxygen atoms in total. The summed E-state index contributed by atoms with van der Waals surface area (Å²) in [7, 11) is 0. The van der Waals surface area contributed by atoms with Gasteiger partial charge in [-0.2, -0.15) is 0 Å². The third kappa shape index (κ3) is 3.65. The average molecular weight is 372 g/mol. The lowest BCUT2D eigenvalue weighted by Gasteiger charge is -2.55. The van der Waals surface area contributed by atoms with Crippen LogP contribution in [0.15, 0.2) is 35.9 Å². The monoisotopic (exact) mass is 372 g/mol. The molecule has 27 heavy (non-hydrogen) atoms. The summed E-state index contributed by atoms with van der Waals surface area (Å²) in [6.07, 6.45) is 2.23. The average Bonchev–Trinajstić information content (AvgIpc) is 2.59. The van der Waals surface area contributed by atoms with E-state index >= 15 is 0 Å². The lowest BCUT2D eigenvalue weighted by Crippen LogP contribution is -2.54. The molecular weight excluding hydrogens is 344 g/mol. The maximum absolute atomic E-state index is 11.4. The van der Waals surface area contributed by atoms with E-state index < -0.39 is 0 Å². The molecule has 1 heterocycles. The summed E-state index contributed by atoms with van der Waals surface area (Å²) < 4.78 is 16.9. The van der Waals surface area contributed by atoms with Gasteiger partial charge in [-0.1, -0.05) is 37.6 Å². The Balaban J connectivity index is 1.88. The maximum Gasteiger partial charge on any atom is 0.308 e. The van der Waals surface area contributed by atoms with Gasteiger partial charge in [-0.3, -0.25) is 9.59 Å². The van der Waals surface area contributed by atoms with Gasteiger partial charge in [0.05, 0.1) is 19.3 Å². The largest absolute Gasteiger partial charge is 0.465 e. The predicted molar refractivity (Wildman–Crippen MR) is 101 cm³/mol. The van der Waals surface area contributed by atoms with Gasteiger partial charge < -0.3 is 14.2 Å². The minimum absolute atomic E-state index is 0.0689. The molecule has 1 aliphatic heterocycles. The van der Waals surface area contributed by atoms with E-state index in [2.05, 4.69) is 26.8 Å². The third-order valence-corrected chi connectivity index (χ3v) is 6.26. The highest BCUT2D eigenvalue weighted by Crippen LogP contribution is 2.56. The predicted octanol–water partition coefficient (Wildman–Crippen LogP) is 4.08. The van der Waals surface area contributed by atoms with Gasteiger partial charge in [0.15, 0.2) is 0 Å². The fourth-order valence-corrected chi connectivity index (χ4v) is 4.69. The molecule has 0 unspecified atom stereocenters. The van der Waals surface area contributed by atoms with Crippen LogP contribution in [0.1, 0.15) is 46.3 Å². The zero-order valence-corrected chi connectivity index (χ0v) is 16.7. The lowest BCUT2D eigenvalue weighted by molar-refractivity contribution is -0.180. The molecule has 1 fully saturated rings. The normalized spacial score (nSPS) is 32.4. The Morgan fingerprint density at radius 3 is 2.41 bits per heavy atom. The molecule has 2 aliphatic rings. The molecule has 1 aliphatic carbocycles. The molecule has 1 saturated heterocycles. The van der Waals surface area contributed by atoms with E-state index in [-0.39, 0.29) is 35.3 Å². The first-order chi connectivity index (χ1) is 12.7. The Morgan fingerprint density at radius 2 is 1.81 bits per heavy atom. The van der Waals surface area contributed by atoms with Crippen molar-refractivity contribution in [3.8, 4) is 5.75 Å². The molecule has 5 atom stereocenters. The number of carbonyl (C=O) groups excluding carboxylic acids is 2. The van der Waals surface area contributed by atoms with Crippen molar-refractivity contribution in [3.63, 3.8) is 0 Å².